The Hall–Kier alpha value is -3.89. The Balaban J connectivity index is 1.35. The average Bonchev–Trinajstić information content (AvgIpc) is 3.00. The topological polar surface area (TPSA) is 66.4 Å². The van der Waals surface area contributed by atoms with Crippen LogP contribution in [0, 0.1) is 18.3 Å². The van der Waals surface area contributed by atoms with E-state index >= 15 is 0 Å². The first kappa shape index (κ1) is 31.5. The standard InChI is InChI=1S/C39H42ClNO3/c1-25-23-33(40)19-22-35(25)29-15-20-34(21-16-29)41-37(42)36(24-26-5-7-31(8-6-26)38(43)44)30-11-9-27(10-12-30)28-13-17-32(18-14-28)39(2,3)4/h5-12,15-16,19-23,28,32,36H,13-14,17-18,24H2,1-4H3,(H,41,42)(H,43,44)/t28-,32+,36-/m1/s1. The minimum Gasteiger partial charge on any atom is -0.478 e. The van der Waals surface area contributed by atoms with Gasteiger partial charge in [-0.25, -0.2) is 4.79 Å². The minimum atomic E-state index is -0.963. The van der Waals surface area contributed by atoms with Gasteiger partial charge in [-0.3, -0.25) is 4.79 Å². The number of nitrogens with one attached hydrogen (secondary N) is 1. The van der Waals surface area contributed by atoms with Gasteiger partial charge in [-0.05, 0) is 126 Å². The largest absolute Gasteiger partial charge is 0.478 e. The Bertz CT molecular complexity index is 1590. The second-order valence-electron chi connectivity index (χ2n) is 13.4. The van der Waals surface area contributed by atoms with Crippen molar-refractivity contribution in [3.8, 4) is 11.1 Å². The van der Waals surface area contributed by atoms with E-state index in [9.17, 15) is 14.7 Å². The first-order valence-electron chi connectivity index (χ1n) is 15.6. The normalized spacial score (nSPS) is 17.6. The fourth-order valence-electron chi connectivity index (χ4n) is 6.59. The Morgan fingerprint density at radius 2 is 1.50 bits per heavy atom. The summed E-state index contributed by atoms with van der Waals surface area (Å²) in [7, 11) is 0. The molecule has 1 amide bonds. The van der Waals surface area contributed by atoms with Crippen LogP contribution in [0.2, 0.25) is 5.02 Å². The van der Waals surface area contributed by atoms with Crippen molar-refractivity contribution in [2.75, 3.05) is 5.32 Å². The number of halogens is 1. The van der Waals surface area contributed by atoms with Gasteiger partial charge in [0.05, 0.1) is 11.5 Å². The highest BCUT2D eigenvalue weighted by molar-refractivity contribution is 6.30. The molecule has 1 saturated carbocycles. The van der Waals surface area contributed by atoms with Crippen LogP contribution < -0.4 is 5.32 Å². The highest BCUT2D eigenvalue weighted by Gasteiger charge is 2.30. The molecule has 4 nitrogen and oxygen atoms in total. The van der Waals surface area contributed by atoms with Crippen LogP contribution in [0.5, 0.6) is 0 Å². The maximum Gasteiger partial charge on any atom is 0.335 e. The Labute approximate surface area is 266 Å². The Morgan fingerprint density at radius 3 is 2.07 bits per heavy atom. The zero-order valence-corrected chi connectivity index (χ0v) is 26.8. The molecule has 5 rings (SSSR count). The summed E-state index contributed by atoms with van der Waals surface area (Å²) in [6.45, 7) is 9.08. The van der Waals surface area contributed by atoms with Crippen LogP contribution in [0.1, 0.15) is 90.9 Å². The van der Waals surface area contributed by atoms with Crippen LogP contribution in [-0.2, 0) is 11.2 Å². The predicted molar refractivity (Wildman–Crippen MR) is 181 cm³/mol. The molecule has 0 spiro atoms. The van der Waals surface area contributed by atoms with Crippen molar-refractivity contribution in [2.24, 2.45) is 11.3 Å². The molecule has 1 atom stereocenters. The molecular weight excluding hydrogens is 566 g/mol. The van der Waals surface area contributed by atoms with Crippen LogP contribution in [-0.4, -0.2) is 17.0 Å². The second kappa shape index (κ2) is 13.4. The lowest BCUT2D eigenvalue weighted by molar-refractivity contribution is -0.117. The van der Waals surface area contributed by atoms with Gasteiger partial charge in [0.25, 0.3) is 0 Å². The van der Waals surface area contributed by atoms with Gasteiger partial charge < -0.3 is 10.4 Å². The zero-order valence-electron chi connectivity index (χ0n) is 26.1. The molecule has 44 heavy (non-hydrogen) atoms. The number of aromatic carboxylic acids is 1. The van der Waals surface area contributed by atoms with E-state index in [1.807, 2.05) is 49.4 Å². The Kier molecular flexibility index (Phi) is 9.60. The number of amides is 1. The summed E-state index contributed by atoms with van der Waals surface area (Å²) in [5, 5.41) is 13.2. The molecule has 4 aromatic rings. The van der Waals surface area contributed by atoms with E-state index in [1.54, 1.807) is 24.3 Å². The number of carbonyl (C=O) groups is 2. The maximum absolute atomic E-state index is 13.8. The maximum atomic E-state index is 13.8. The minimum absolute atomic E-state index is 0.0961. The molecule has 1 aliphatic carbocycles. The number of carboxylic acids is 1. The zero-order chi connectivity index (χ0) is 31.4. The molecule has 0 heterocycles. The highest BCUT2D eigenvalue weighted by Crippen LogP contribution is 2.43. The third-order valence-corrected chi connectivity index (χ3v) is 9.61. The van der Waals surface area contributed by atoms with Gasteiger partial charge in [0.2, 0.25) is 5.91 Å². The number of carbonyl (C=O) groups excluding carboxylic acids is 1. The van der Waals surface area contributed by atoms with Crippen LogP contribution in [0.15, 0.2) is 91.0 Å². The van der Waals surface area contributed by atoms with Gasteiger partial charge in [0.1, 0.15) is 0 Å². The van der Waals surface area contributed by atoms with Gasteiger partial charge in [0.15, 0.2) is 0 Å². The summed E-state index contributed by atoms with van der Waals surface area (Å²) in [6.07, 6.45) is 5.37. The molecule has 0 saturated heterocycles. The number of anilines is 1. The van der Waals surface area contributed by atoms with Crippen molar-refractivity contribution in [1.29, 1.82) is 0 Å². The molecule has 5 heteroatoms. The predicted octanol–water partition coefficient (Wildman–Crippen LogP) is 10.3. The fraction of sp³-hybridized carbons (Fsp3) is 0.333. The lowest BCUT2D eigenvalue weighted by Gasteiger charge is -2.37. The number of rotatable bonds is 8. The highest BCUT2D eigenvalue weighted by atomic mass is 35.5. The molecule has 0 unspecified atom stereocenters. The lowest BCUT2D eigenvalue weighted by Crippen LogP contribution is -2.25. The molecule has 0 radical (unpaired) electrons. The summed E-state index contributed by atoms with van der Waals surface area (Å²) in [4.78, 5) is 25.2. The van der Waals surface area contributed by atoms with E-state index in [-0.39, 0.29) is 11.5 Å². The van der Waals surface area contributed by atoms with E-state index in [1.165, 1.54) is 31.2 Å². The van der Waals surface area contributed by atoms with E-state index in [0.29, 0.717) is 22.8 Å². The third-order valence-electron chi connectivity index (χ3n) is 9.37. The molecule has 0 bridgehead atoms. The molecule has 0 aliphatic heterocycles. The average molecular weight is 608 g/mol. The molecule has 228 valence electrons. The number of aryl methyl sites for hydroxylation is 1. The molecule has 1 fully saturated rings. The van der Waals surface area contributed by atoms with Crippen molar-refractivity contribution >= 4 is 29.2 Å². The number of carboxylic acid groups (broad SMARTS) is 1. The fourth-order valence-corrected chi connectivity index (χ4v) is 6.81. The molecule has 1 aliphatic rings. The van der Waals surface area contributed by atoms with Gasteiger partial charge in [-0.1, -0.05) is 87.0 Å². The van der Waals surface area contributed by atoms with Crippen molar-refractivity contribution in [2.45, 2.75) is 71.6 Å². The van der Waals surface area contributed by atoms with Crippen LogP contribution in [0.4, 0.5) is 5.69 Å². The first-order valence-corrected chi connectivity index (χ1v) is 16.0. The second-order valence-corrected chi connectivity index (χ2v) is 13.8. The summed E-state index contributed by atoms with van der Waals surface area (Å²) in [6, 6.07) is 29.1. The Morgan fingerprint density at radius 1 is 0.864 bits per heavy atom. The van der Waals surface area contributed by atoms with E-state index in [0.717, 1.165) is 39.4 Å². The van der Waals surface area contributed by atoms with Crippen LogP contribution >= 0.6 is 11.6 Å². The summed E-state index contributed by atoms with van der Waals surface area (Å²) in [5.74, 6) is -0.171. The van der Waals surface area contributed by atoms with E-state index < -0.39 is 11.9 Å². The lowest BCUT2D eigenvalue weighted by atomic mass is 9.68. The quantitative estimate of drug-likeness (QED) is 0.209. The summed E-state index contributed by atoms with van der Waals surface area (Å²) in [5.41, 5.74) is 7.76. The van der Waals surface area contributed by atoms with Gasteiger partial charge in [-0.15, -0.1) is 0 Å². The van der Waals surface area contributed by atoms with E-state index in [4.69, 9.17) is 11.6 Å². The first-order chi connectivity index (χ1) is 21.0. The third kappa shape index (κ3) is 7.60. The molecular formula is C39H42ClNO3. The molecule has 4 aromatic carbocycles. The smallest absolute Gasteiger partial charge is 0.335 e. The molecule has 2 N–H and O–H groups in total. The van der Waals surface area contributed by atoms with Crippen LogP contribution in [0.25, 0.3) is 11.1 Å². The SMILES string of the molecule is Cc1cc(Cl)ccc1-c1ccc(NC(=O)[C@H](Cc2ccc(C(=O)O)cc2)c2ccc([C@H]3CC[C@@H](C(C)(C)C)CC3)cc2)cc1. The van der Waals surface area contributed by atoms with Gasteiger partial charge in [-0.2, -0.15) is 0 Å². The van der Waals surface area contributed by atoms with Crippen molar-refractivity contribution in [3.63, 3.8) is 0 Å². The number of benzene rings is 4. The van der Waals surface area contributed by atoms with Crippen molar-refractivity contribution in [3.05, 3.63) is 124 Å². The van der Waals surface area contributed by atoms with Gasteiger partial charge in [0, 0.05) is 10.7 Å². The van der Waals surface area contributed by atoms with Crippen molar-refractivity contribution in [1.82, 2.24) is 0 Å². The van der Waals surface area contributed by atoms with E-state index in [2.05, 4.69) is 50.4 Å². The molecule has 0 aromatic heterocycles. The van der Waals surface area contributed by atoms with Crippen LogP contribution in [0.3, 0.4) is 0 Å². The number of hydrogen-bond donors (Lipinski definition) is 2. The summed E-state index contributed by atoms with van der Waals surface area (Å²) >= 11 is 6.14. The van der Waals surface area contributed by atoms with Crippen molar-refractivity contribution < 1.29 is 14.7 Å². The monoisotopic (exact) mass is 607 g/mol. The van der Waals surface area contributed by atoms with Gasteiger partial charge >= 0.3 is 5.97 Å². The number of hydrogen-bond acceptors (Lipinski definition) is 2. The summed E-state index contributed by atoms with van der Waals surface area (Å²) < 4.78 is 0.